The molecule has 0 amide bonds. The monoisotopic (exact) mass is 479 g/mol. The molecule has 0 atom stereocenters. The number of ether oxygens (including phenoxy) is 2. The minimum absolute atomic E-state index is 0. The minimum Gasteiger partial charge on any atom is -0.490 e. The standard InChI is InChI=1S/C25H27Cl2NO2.ClH/c1-3-29-25-14-20(16-28-13-12-21-9-10-22(26)15-23(21)27)8-11-24(25)30-17-19-6-4-18(2)5-7-19;/h4-11,14-15,28H,3,12-13,16-17H2,1-2H3;1H. The third-order valence-corrected chi connectivity index (χ3v) is 5.33. The molecule has 0 heterocycles. The van der Waals surface area contributed by atoms with Crippen LogP contribution in [0, 0.1) is 6.92 Å². The topological polar surface area (TPSA) is 30.5 Å². The molecule has 0 radical (unpaired) electrons. The molecule has 0 saturated carbocycles. The van der Waals surface area contributed by atoms with Gasteiger partial charge in [0.05, 0.1) is 6.61 Å². The Hall–Kier alpha value is -1.91. The molecular formula is C25H28Cl3NO2. The Kier molecular flexibility index (Phi) is 10.5. The van der Waals surface area contributed by atoms with Crippen molar-refractivity contribution in [3.05, 3.63) is 93.0 Å². The highest BCUT2D eigenvalue weighted by atomic mass is 35.5. The second-order valence-corrected chi connectivity index (χ2v) is 7.99. The third-order valence-electron chi connectivity index (χ3n) is 4.74. The number of rotatable bonds is 10. The van der Waals surface area contributed by atoms with Gasteiger partial charge in [-0.3, -0.25) is 0 Å². The molecule has 3 rings (SSSR count). The average Bonchev–Trinajstić information content (AvgIpc) is 2.73. The van der Waals surface area contributed by atoms with Crippen molar-refractivity contribution in [3.8, 4) is 11.5 Å². The second kappa shape index (κ2) is 12.8. The summed E-state index contributed by atoms with van der Waals surface area (Å²) in [6.45, 7) is 6.71. The van der Waals surface area contributed by atoms with Gasteiger partial charge in [-0.15, -0.1) is 12.4 Å². The summed E-state index contributed by atoms with van der Waals surface area (Å²) < 4.78 is 11.8. The van der Waals surface area contributed by atoms with Gasteiger partial charge in [-0.25, -0.2) is 0 Å². The normalized spacial score (nSPS) is 10.5. The van der Waals surface area contributed by atoms with E-state index in [0.717, 1.165) is 47.7 Å². The van der Waals surface area contributed by atoms with E-state index in [4.69, 9.17) is 32.7 Å². The molecule has 0 saturated heterocycles. The number of aryl methyl sites for hydroxylation is 1. The summed E-state index contributed by atoms with van der Waals surface area (Å²) in [5.41, 5.74) is 4.60. The van der Waals surface area contributed by atoms with E-state index in [-0.39, 0.29) is 12.4 Å². The minimum atomic E-state index is 0. The predicted octanol–water partition coefficient (Wildman–Crippen LogP) is 7.03. The van der Waals surface area contributed by atoms with Gasteiger partial charge in [0.25, 0.3) is 0 Å². The Balaban J connectivity index is 0.00000341. The van der Waals surface area contributed by atoms with Crippen LogP contribution in [0.4, 0.5) is 0 Å². The second-order valence-electron chi connectivity index (χ2n) is 7.15. The molecule has 3 nitrogen and oxygen atoms in total. The van der Waals surface area contributed by atoms with Crippen molar-refractivity contribution in [2.75, 3.05) is 13.2 Å². The first-order valence-corrected chi connectivity index (χ1v) is 10.9. The van der Waals surface area contributed by atoms with Crippen molar-refractivity contribution in [1.29, 1.82) is 0 Å². The zero-order valence-electron chi connectivity index (χ0n) is 17.8. The van der Waals surface area contributed by atoms with E-state index in [1.165, 1.54) is 5.56 Å². The van der Waals surface area contributed by atoms with Crippen LogP contribution in [0.1, 0.15) is 29.2 Å². The Morgan fingerprint density at radius 1 is 0.839 bits per heavy atom. The van der Waals surface area contributed by atoms with E-state index in [1.807, 2.05) is 31.2 Å². The summed E-state index contributed by atoms with van der Waals surface area (Å²) in [6.07, 6.45) is 0.839. The van der Waals surface area contributed by atoms with Crippen molar-refractivity contribution >= 4 is 35.6 Å². The lowest BCUT2D eigenvalue weighted by atomic mass is 10.1. The van der Waals surface area contributed by atoms with Gasteiger partial charge in [0, 0.05) is 16.6 Å². The number of hydrogen-bond donors (Lipinski definition) is 1. The summed E-state index contributed by atoms with van der Waals surface area (Å²) >= 11 is 12.2. The molecule has 3 aromatic carbocycles. The van der Waals surface area contributed by atoms with Crippen LogP contribution in [0.2, 0.25) is 10.0 Å². The van der Waals surface area contributed by atoms with Crippen molar-refractivity contribution < 1.29 is 9.47 Å². The molecule has 3 aromatic rings. The zero-order chi connectivity index (χ0) is 21.3. The highest BCUT2D eigenvalue weighted by molar-refractivity contribution is 6.35. The highest BCUT2D eigenvalue weighted by Crippen LogP contribution is 2.29. The van der Waals surface area contributed by atoms with E-state index >= 15 is 0 Å². The van der Waals surface area contributed by atoms with Gasteiger partial charge < -0.3 is 14.8 Å². The first kappa shape index (κ1) is 25.4. The third kappa shape index (κ3) is 7.93. The lowest BCUT2D eigenvalue weighted by Crippen LogP contribution is -2.17. The Morgan fingerprint density at radius 2 is 1.58 bits per heavy atom. The van der Waals surface area contributed by atoms with Crippen LogP contribution in [0.3, 0.4) is 0 Å². The maximum absolute atomic E-state index is 6.24. The van der Waals surface area contributed by atoms with Crippen molar-refractivity contribution in [2.45, 2.75) is 33.4 Å². The smallest absolute Gasteiger partial charge is 0.161 e. The average molecular weight is 481 g/mol. The van der Waals surface area contributed by atoms with E-state index in [1.54, 1.807) is 6.07 Å². The van der Waals surface area contributed by atoms with Gasteiger partial charge in [-0.05, 0) is 67.8 Å². The highest BCUT2D eigenvalue weighted by Gasteiger charge is 2.08. The lowest BCUT2D eigenvalue weighted by Gasteiger charge is -2.14. The molecule has 0 aliphatic heterocycles. The van der Waals surface area contributed by atoms with Gasteiger partial charge in [0.2, 0.25) is 0 Å². The summed E-state index contributed by atoms with van der Waals surface area (Å²) in [4.78, 5) is 0. The van der Waals surface area contributed by atoms with E-state index in [0.29, 0.717) is 23.3 Å². The van der Waals surface area contributed by atoms with Crippen LogP contribution in [-0.2, 0) is 19.6 Å². The van der Waals surface area contributed by atoms with Crippen LogP contribution < -0.4 is 14.8 Å². The fourth-order valence-electron chi connectivity index (χ4n) is 3.08. The molecule has 0 aliphatic rings. The number of nitrogens with one attached hydrogen (secondary N) is 1. The predicted molar refractivity (Wildman–Crippen MR) is 132 cm³/mol. The van der Waals surface area contributed by atoms with Crippen molar-refractivity contribution in [2.24, 2.45) is 0 Å². The first-order valence-electron chi connectivity index (χ1n) is 10.1. The maximum Gasteiger partial charge on any atom is 0.161 e. The summed E-state index contributed by atoms with van der Waals surface area (Å²) in [5, 5.41) is 4.82. The quantitative estimate of drug-likeness (QED) is 0.316. The zero-order valence-corrected chi connectivity index (χ0v) is 20.1. The van der Waals surface area contributed by atoms with E-state index < -0.39 is 0 Å². The van der Waals surface area contributed by atoms with Gasteiger partial charge in [0.15, 0.2) is 11.5 Å². The van der Waals surface area contributed by atoms with Gasteiger partial charge in [-0.1, -0.05) is 65.2 Å². The fraction of sp³-hybridized carbons (Fsp3) is 0.280. The molecule has 166 valence electrons. The Morgan fingerprint density at radius 3 is 2.29 bits per heavy atom. The van der Waals surface area contributed by atoms with Crippen molar-refractivity contribution in [3.63, 3.8) is 0 Å². The van der Waals surface area contributed by atoms with Crippen molar-refractivity contribution in [1.82, 2.24) is 5.32 Å². The molecule has 6 heteroatoms. The molecule has 0 aromatic heterocycles. The van der Waals surface area contributed by atoms with Gasteiger partial charge in [-0.2, -0.15) is 0 Å². The summed E-state index contributed by atoms with van der Waals surface area (Å²) in [5.74, 6) is 1.53. The number of benzene rings is 3. The maximum atomic E-state index is 6.24. The van der Waals surface area contributed by atoms with E-state index in [9.17, 15) is 0 Å². The van der Waals surface area contributed by atoms with Crippen LogP contribution in [0.5, 0.6) is 11.5 Å². The van der Waals surface area contributed by atoms with Crippen LogP contribution in [0.25, 0.3) is 0 Å². The van der Waals surface area contributed by atoms with E-state index in [2.05, 4.69) is 42.6 Å². The number of halogens is 3. The molecule has 0 spiro atoms. The largest absolute Gasteiger partial charge is 0.490 e. The molecule has 1 N–H and O–H groups in total. The Bertz CT molecular complexity index is 961. The lowest BCUT2D eigenvalue weighted by molar-refractivity contribution is 0.269. The molecule has 0 unspecified atom stereocenters. The molecule has 0 bridgehead atoms. The molecular weight excluding hydrogens is 453 g/mol. The van der Waals surface area contributed by atoms with Crippen LogP contribution >= 0.6 is 35.6 Å². The molecule has 31 heavy (non-hydrogen) atoms. The number of hydrogen-bond acceptors (Lipinski definition) is 3. The van der Waals surface area contributed by atoms with Gasteiger partial charge in [0.1, 0.15) is 6.61 Å². The molecule has 0 fully saturated rings. The van der Waals surface area contributed by atoms with Crippen LogP contribution in [0.15, 0.2) is 60.7 Å². The Labute approximate surface area is 201 Å². The van der Waals surface area contributed by atoms with Gasteiger partial charge >= 0.3 is 0 Å². The molecule has 0 aliphatic carbocycles. The summed E-state index contributed by atoms with van der Waals surface area (Å²) in [7, 11) is 0. The first-order chi connectivity index (χ1) is 14.5. The van der Waals surface area contributed by atoms with Crippen LogP contribution in [-0.4, -0.2) is 13.2 Å². The SMILES string of the molecule is CCOc1cc(CNCCc2ccc(Cl)cc2Cl)ccc1OCc1ccc(C)cc1.Cl. The summed E-state index contributed by atoms with van der Waals surface area (Å²) in [6, 6.07) is 20.1. The fourth-order valence-corrected chi connectivity index (χ4v) is 3.58.